The standard InChI is InChI=1S/C7H11F4NO2S/c1-4(3-15(2)14)12-6(13)7(10,11)5(8)9/h4-5H,3H2,1-2H3,(H,12,13). The second kappa shape index (κ2) is 5.43. The molecule has 0 radical (unpaired) electrons. The zero-order valence-corrected chi connectivity index (χ0v) is 8.91. The number of carbonyl (C=O) groups excluding carboxylic acids is 1. The van der Waals surface area contributed by atoms with Crippen LogP contribution < -0.4 is 5.32 Å². The number of carbonyl (C=O) groups is 1. The van der Waals surface area contributed by atoms with Crippen LogP contribution in [0.1, 0.15) is 6.92 Å². The number of nitrogens with one attached hydrogen (secondary N) is 1. The molecule has 0 aromatic carbocycles. The second-order valence-corrected chi connectivity index (χ2v) is 4.52. The SMILES string of the molecule is CC(CS(C)=O)NC(=O)C(F)(F)C(F)F. The highest BCUT2D eigenvalue weighted by Crippen LogP contribution is 2.22. The molecule has 0 aliphatic rings. The molecule has 8 heteroatoms. The number of rotatable bonds is 5. The predicted octanol–water partition coefficient (Wildman–Crippen LogP) is 0.770. The van der Waals surface area contributed by atoms with Crippen molar-refractivity contribution in [3.8, 4) is 0 Å². The van der Waals surface area contributed by atoms with Gasteiger partial charge in [-0.15, -0.1) is 0 Å². The van der Waals surface area contributed by atoms with Gasteiger partial charge in [0.1, 0.15) is 0 Å². The van der Waals surface area contributed by atoms with E-state index in [1.165, 1.54) is 13.2 Å². The van der Waals surface area contributed by atoms with Gasteiger partial charge in [0, 0.05) is 28.9 Å². The Morgan fingerprint density at radius 3 is 2.27 bits per heavy atom. The third kappa shape index (κ3) is 4.59. The Hall–Kier alpha value is -0.660. The summed E-state index contributed by atoms with van der Waals surface area (Å²) in [5.41, 5.74) is 0. The minimum absolute atomic E-state index is 0.0644. The lowest BCUT2D eigenvalue weighted by molar-refractivity contribution is -0.169. The van der Waals surface area contributed by atoms with Gasteiger partial charge in [-0.25, -0.2) is 8.78 Å². The molecule has 0 saturated heterocycles. The predicted molar refractivity (Wildman–Crippen MR) is 47.5 cm³/mol. The Labute approximate surface area is 86.7 Å². The molecule has 0 aromatic rings. The molecule has 0 aromatic heterocycles. The van der Waals surface area contributed by atoms with Gasteiger partial charge in [-0.2, -0.15) is 8.78 Å². The molecule has 90 valence electrons. The first-order chi connectivity index (χ1) is 6.67. The van der Waals surface area contributed by atoms with Crippen LogP contribution in [0.15, 0.2) is 0 Å². The highest BCUT2D eigenvalue weighted by molar-refractivity contribution is 7.84. The molecular formula is C7H11F4NO2S. The number of amides is 1. The lowest BCUT2D eigenvalue weighted by Gasteiger charge is -2.18. The maximum atomic E-state index is 12.4. The summed E-state index contributed by atoms with van der Waals surface area (Å²) in [6.07, 6.45) is -2.73. The molecule has 0 aliphatic carbocycles. The van der Waals surface area contributed by atoms with Gasteiger partial charge in [-0.3, -0.25) is 9.00 Å². The highest BCUT2D eigenvalue weighted by atomic mass is 32.2. The molecule has 15 heavy (non-hydrogen) atoms. The monoisotopic (exact) mass is 249 g/mol. The largest absolute Gasteiger partial charge is 0.383 e. The Morgan fingerprint density at radius 1 is 1.47 bits per heavy atom. The zero-order chi connectivity index (χ0) is 12.2. The van der Waals surface area contributed by atoms with Crippen LogP contribution in [0.25, 0.3) is 0 Å². The summed E-state index contributed by atoms with van der Waals surface area (Å²) in [6, 6.07) is -0.840. The van der Waals surface area contributed by atoms with Gasteiger partial charge in [0.15, 0.2) is 0 Å². The fraction of sp³-hybridized carbons (Fsp3) is 0.857. The van der Waals surface area contributed by atoms with Crippen LogP contribution >= 0.6 is 0 Å². The second-order valence-electron chi connectivity index (χ2n) is 3.04. The van der Waals surface area contributed by atoms with Crippen LogP contribution in [0, 0.1) is 0 Å². The van der Waals surface area contributed by atoms with Gasteiger partial charge < -0.3 is 5.32 Å². The third-order valence-electron chi connectivity index (χ3n) is 1.44. The molecule has 2 unspecified atom stereocenters. The maximum Gasteiger partial charge on any atom is 0.383 e. The average Bonchev–Trinajstić information content (AvgIpc) is 2.01. The molecule has 0 bridgehead atoms. The summed E-state index contributed by atoms with van der Waals surface area (Å²) in [4.78, 5) is 10.7. The third-order valence-corrected chi connectivity index (χ3v) is 2.41. The molecule has 0 saturated carbocycles. The van der Waals surface area contributed by atoms with Crippen molar-refractivity contribution in [1.29, 1.82) is 0 Å². The Kier molecular flexibility index (Phi) is 5.19. The first-order valence-electron chi connectivity index (χ1n) is 3.95. The topological polar surface area (TPSA) is 46.2 Å². The van der Waals surface area contributed by atoms with Crippen molar-refractivity contribution in [3.63, 3.8) is 0 Å². The fourth-order valence-electron chi connectivity index (χ4n) is 0.813. The quantitative estimate of drug-likeness (QED) is 0.731. The lowest BCUT2D eigenvalue weighted by Crippen LogP contribution is -2.49. The smallest absolute Gasteiger partial charge is 0.347 e. The van der Waals surface area contributed by atoms with Crippen LogP contribution in [-0.4, -0.2) is 40.5 Å². The van der Waals surface area contributed by atoms with Gasteiger partial charge >= 0.3 is 12.3 Å². The van der Waals surface area contributed by atoms with Crippen LogP contribution in [0.3, 0.4) is 0 Å². The van der Waals surface area contributed by atoms with Crippen molar-refractivity contribution < 1.29 is 26.6 Å². The van der Waals surface area contributed by atoms with Gasteiger partial charge in [0.2, 0.25) is 0 Å². The minimum atomic E-state index is -4.70. The van der Waals surface area contributed by atoms with Gasteiger partial charge in [0.25, 0.3) is 5.91 Å². The summed E-state index contributed by atoms with van der Waals surface area (Å²) in [5, 5.41) is 1.67. The van der Waals surface area contributed by atoms with Crippen LogP contribution in [-0.2, 0) is 15.6 Å². The molecule has 0 fully saturated rings. The van der Waals surface area contributed by atoms with E-state index >= 15 is 0 Å². The van der Waals surface area contributed by atoms with Crippen molar-refractivity contribution in [2.24, 2.45) is 0 Å². The van der Waals surface area contributed by atoms with E-state index in [-0.39, 0.29) is 5.75 Å². The van der Waals surface area contributed by atoms with E-state index in [0.717, 1.165) is 0 Å². The van der Waals surface area contributed by atoms with E-state index in [9.17, 15) is 26.6 Å². The normalized spacial score (nSPS) is 16.2. The Morgan fingerprint density at radius 2 is 1.93 bits per heavy atom. The number of halogens is 4. The van der Waals surface area contributed by atoms with Crippen molar-refractivity contribution in [3.05, 3.63) is 0 Å². The van der Waals surface area contributed by atoms with E-state index in [0.29, 0.717) is 0 Å². The van der Waals surface area contributed by atoms with E-state index < -0.39 is 35.1 Å². The van der Waals surface area contributed by atoms with Crippen molar-refractivity contribution in [1.82, 2.24) is 5.32 Å². The van der Waals surface area contributed by atoms with Crippen LogP contribution in [0.2, 0.25) is 0 Å². The van der Waals surface area contributed by atoms with Gasteiger partial charge in [-0.05, 0) is 6.92 Å². The van der Waals surface area contributed by atoms with E-state index in [2.05, 4.69) is 0 Å². The van der Waals surface area contributed by atoms with Crippen molar-refractivity contribution in [2.75, 3.05) is 12.0 Å². The highest BCUT2D eigenvalue weighted by Gasteiger charge is 2.49. The van der Waals surface area contributed by atoms with Crippen molar-refractivity contribution in [2.45, 2.75) is 25.3 Å². The lowest BCUT2D eigenvalue weighted by atomic mass is 10.3. The molecule has 2 atom stereocenters. The molecule has 1 amide bonds. The molecule has 1 N–H and O–H groups in total. The van der Waals surface area contributed by atoms with Gasteiger partial charge in [-0.1, -0.05) is 0 Å². The zero-order valence-electron chi connectivity index (χ0n) is 8.10. The molecule has 0 rings (SSSR count). The summed E-state index contributed by atoms with van der Waals surface area (Å²) in [5.74, 6) is -6.82. The molecule has 0 heterocycles. The summed E-state index contributed by atoms with van der Waals surface area (Å²) in [6.45, 7) is 1.31. The fourth-order valence-corrected chi connectivity index (χ4v) is 1.60. The number of hydrogen-bond donors (Lipinski definition) is 1. The minimum Gasteiger partial charge on any atom is -0.347 e. The molecular weight excluding hydrogens is 238 g/mol. The number of hydrogen-bond acceptors (Lipinski definition) is 2. The van der Waals surface area contributed by atoms with E-state index in [1.54, 1.807) is 5.32 Å². The summed E-state index contributed by atoms with van der Waals surface area (Å²) < 4.78 is 58.9. The molecule has 0 spiro atoms. The van der Waals surface area contributed by atoms with Crippen LogP contribution in [0.5, 0.6) is 0 Å². The summed E-state index contributed by atoms with van der Waals surface area (Å²) in [7, 11) is -1.30. The average molecular weight is 249 g/mol. The first kappa shape index (κ1) is 14.3. The number of alkyl halides is 4. The van der Waals surface area contributed by atoms with Crippen LogP contribution in [0.4, 0.5) is 17.6 Å². The van der Waals surface area contributed by atoms with E-state index in [4.69, 9.17) is 0 Å². The maximum absolute atomic E-state index is 12.4. The molecule has 0 aliphatic heterocycles. The first-order valence-corrected chi connectivity index (χ1v) is 5.67. The Bertz CT molecular complexity index is 259. The van der Waals surface area contributed by atoms with Gasteiger partial charge in [0.05, 0.1) is 0 Å². The van der Waals surface area contributed by atoms with E-state index in [1.807, 2.05) is 0 Å². The summed E-state index contributed by atoms with van der Waals surface area (Å²) >= 11 is 0. The van der Waals surface area contributed by atoms with Crippen molar-refractivity contribution >= 4 is 16.7 Å². The molecule has 3 nitrogen and oxygen atoms in total. The Balaban J connectivity index is 4.30.